The van der Waals surface area contributed by atoms with Gasteiger partial charge in [-0.3, -0.25) is 10.2 Å². The quantitative estimate of drug-likeness (QED) is 0.145. The first-order chi connectivity index (χ1) is 20.4. The number of nitrogens with two attached hydrogens (primary N) is 1. The van der Waals surface area contributed by atoms with Crippen molar-refractivity contribution in [2.45, 2.75) is 70.7 Å². The summed E-state index contributed by atoms with van der Waals surface area (Å²) in [6, 6.07) is 18.4. The molecule has 0 bridgehead atoms. The number of nitrogens with zero attached hydrogens (tertiary/aromatic N) is 1. The number of benzene rings is 3. The molecule has 3 aromatic carbocycles. The molecule has 0 spiro atoms. The molecule has 1 saturated carbocycles. The van der Waals surface area contributed by atoms with Crippen molar-refractivity contribution < 1.29 is 24.2 Å². The van der Waals surface area contributed by atoms with Gasteiger partial charge in [0.05, 0.1) is 11.1 Å². The van der Waals surface area contributed by atoms with Crippen LogP contribution in [0.3, 0.4) is 0 Å². The van der Waals surface area contributed by atoms with Crippen molar-refractivity contribution in [1.29, 1.82) is 5.41 Å². The van der Waals surface area contributed by atoms with Crippen LogP contribution in [0.4, 0.5) is 4.79 Å². The molecule has 6 N–H and O–H groups in total. The Balaban J connectivity index is 1.47. The van der Waals surface area contributed by atoms with Crippen LogP contribution in [0.2, 0.25) is 0 Å². The topological polar surface area (TPSA) is 160 Å². The lowest BCUT2D eigenvalue weighted by Gasteiger charge is -2.30. The van der Waals surface area contributed by atoms with Gasteiger partial charge in [-0.15, -0.1) is 0 Å². The molecule has 0 radical (unpaired) electrons. The maximum Gasteiger partial charge on any atom is 0.407 e. The van der Waals surface area contributed by atoms with Crippen molar-refractivity contribution >= 4 is 45.5 Å². The van der Waals surface area contributed by atoms with E-state index in [1.165, 1.54) is 0 Å². The molecule has 2 amide bonds. The van der Waals surface area contributed by atoms with Crippen LogP contribution >= 0.6 is 0 Å². The number of rotatable bonds is 7. The smallest absolute Gasteiger partial charge is 0.407 e. The number of carboxylic acid groups (broad SMARTS) is 1. The Morgan fingerprint density at radius 3 is 2.26 bits per heavy atom. The zero-order valence-corrected chi connectivity index (χ0v) is 24.6. The summed E-state index contributed by atoms with van der Waals surface area (Å²) in [5.41, 5.74) is 7.01. The summed E-state index contributed by atoms with van der Waals surface area (Å²) in [5, 5.41) is 26.7. The summed E-state index contributed by atoms with van der Waals surface area (Å²) in [6.07, 6.45) is 2.07. The fourth-order valence-electron chi connectivity index (χ4n) is 5.84. The molecule has 4 aromatic rings. The van der Waals surface area contributed by atoms with Gasteiger partial charge in [-0.25, -0.2) is 9.59 Å². The number of alkyl carbamates (subject to hydrolysis) is 1. The van der Waals surface area contributed by atoms with E-state index in [1.54, 1.807) is 22.8 Å². The Kier molecular flexibility index (Phi) is 8.12. The molecular formula is C33H37N5O5. The van der Waals surface area contributed by atoms with Gasteiger partial charge in [-0.05, 0) is 68.9 Å². The van der Waals surface area contributed by atoms with Crippen molar-refractivity contribution in [2.75, 3.05) is 0 Å². The maximum atomic E-state index is 14.0. The molecule has 43 heavy (non-hydrogen) atoms. The monoisotopic (exact) mass is 583 g/mol. The van der Waals surface area contributed by atoms with Crippen molar-refractivity contribution in [2.24, 2.45) is 5.73 Å². The highest BCUT2D eigenvalue weighted by atomic mass is 16.6. The molecule has 0 saturated heterocycles. The standard InChI is InChI=1S/C33H37N5O5/c1-33(2,3)43-32(42)37-23-14-12-22(13-15-23)36-30(39)28-27(31(40)41)25-16-11-20(29(34)35)17-26(25)38(28)18-21-9-6-8-19-7-4-5-10-24(19)21/h4-11,16-17,22-23H,12-15,18H2,1-3H3,(H3,34,35)(H,36,39)(H,37,42)(H,40,41). The summed E-state index contributed by atoms with van der Waals surface area (Å²) >= 11 is 0. The molecular weight excluding hydrogens is 546 g/mol. The van der Waals surface area contributed by atoms with Gasteiger partial charge in [0.2, 0.25) is 0 Å². The first-order valence-electron chi connectivity index (χ1n) is 14.4. The summed E-state index contributed by atoms with van der Waals surface area (Å²) in [4.78, 5) is 38.8. The van der Waals surface area contributed by atoms with E-state index in [9.17, 15) is 19.5 Å². The third-order valence-corrected chi connectivity index (χ3v) is 7.80. The number of carbonyl (C=O) groups is 3. The first-order valence-corrected chi connectivity index (χ1v) is 14.4. The van der Waals surface area contributed by atoms with E-state index in [-0.39, 0.29) is 35.7 Å². The second kappa shape index (κ2) is 11.8. The Bertz CT molecular complexity index is 1720. The van der Waals surface area contributed by atoms with Gasteiger partial charge in [-0.2, -0.15) is 0 Å². The van der Waals surface area contributed by atoms with Crippen molar-refractivity contribution in [3.8, 4) is 0 Å². The zero-order chi connectivity index (χ0) is 30.9. The normalized spacial score (nSPS) is 17.0. The number of amides is 2. The maximum absolute atomic E-state index is 14.0. The van der Waals surface area contributed by atoms with Crippen LogP contribution in [0.25, 0.3) is 21.7 Å². The van der Waals surface area contributed by atoms with Crippen LogP contribution in [-0.4, -0.2) is 51.2 Å². The fourth-order valence-corrected chi connectivity index (χ4v) is 5.84. The average molecular weight is 584 g/mol. The number of ether oxygens (including phenoxy) is 1. The van der Waals surface area contributed by atoms with Crippen LogP contribution < -0.4 is 16.4 Å². The van der Waals surface area contributed by atoms with Gasteiger partial charge in [0.25, 0.3) is 5.91 Å². The van der Waals surface area contributed by atoms with Gasteiger partial charge in [0.15, 0.2) is 0 Å². The SMILES string of the molecule is CC(C)(C)OC(=O)NC1CCC(NC(=O)c2c(C(=O)O)c3ccc(C(=N)N)cc3n2Cc2cccc3ccccc23)CC1. The lowest BCUT2D eigenvalue weighted by Crippen LogP contribution is -2.45. The Hall–Kier alpha value is -4.86. The molecule has 0 atom stereocenters. The van der Waals surface area contributed by atoms with Crippen molar-refractivity contribution in [3.63, 3.8) is 0 Å². The molecule has 224 valence electrons. The zero-order valence-electron chi connectivity index (χ0n) is 24.6. The molecule has 1 aliphatic carbocycles. The minimum Gasteiger partial charge on any atom is -0.478 e. The number of hydrogen-bond donors (Lipinski definition) is 5. The first kappa shape index (κ1) is 29.6. The lowest BCUT2D eigenvalue weighted by atomic mass is 9.91. The minimum absolute atomic E-state index is 0.0464. The Morgan fingerprint density at radius 1 is 0.953 bits per heavy atom. The molecule has 0 aliphatic heterocycles. The van der Waals surface area contributed by atoms with Gasteiger partial charge < -0.3 is 30.8 Å². The fraction of sp³-hybridized carbons (Fsp3) is 0.333. The highest BCUT2D eigenvalue weighted by Crippen LogP contribution is 2.31. The van der Waals surface area contributed by atoms with Crippen LogP contribution in [0.15, 0.2) is 60.7 Å². The highest BCUT2D eigenvalue weighted by molar-refractivity contribution is 6.14. The molecule has 10 nitrogen and oxygen atoms in total. The second-order valence-corrected chi connectivity index (χ2v) is 12.1. The number of nitrogens with one attached hydrogen (secondary N) is 3. The average Bonchev–Trinajstić information content (AvgIpc) is 3.27. The Morgan fingerprint density at radius 2 is 1.60 bits per heavy atom. The number of fused-ring (bicyclic) bond motifs is 2. The van der Waals surface area contributed by atoms with Gasteiger partial charge in [-0.1, -0.05) is 54.6 Å². The second-order valence-electron chi connectivity index (χ2n) is 12.1. The predicted octanol–water partition coefficient (Wildman–Crippen LogP) is 5.39. The minimum atomic E-state index is -1.22. The Labute approximate surface area is 249 Å². The van der Waals surface area contributed by atoms with E-state index in [0.29, 0.717) is 42.1 Å². The number of nitrogen functional groups attached to an aromatic ring is 1. The molecule has 1 aliphatic rings. The number of carbonyl (C=O) groups excluding carboxylic acids is 2. The number of aromatic nitrogens is 1. The van der Waals surface area contributed by atoms with E-state index < -0.39 is 23.6 Å². The van der Waals surface area contributed by atoms with Gasteiger partial charge in [0.1, 0.15) is 17.1 Å². The van der Waals surface area contributed by atoms with Crippen LogP contribution in [-0.2, 0) is 11.3 Å². The molecule has 0 unspecified atom stereocenters. The van der Waals surface area contributed by atoms with E-state index in [4.69, 9.17) is 15.9 Å². The van der Waals surface area contributed by atoms with E-state index >= 15 is 0 Å². The summed E-state index contributed by atoms with van der Waals surface area (Å²) in [6.45, 7) is 5.67. The van der Waals surface area contributed by atoms with E-state index in [1.807, 2.05) is 63.2 Å². The number of amidine groups is 1. The van der Waals surface area contributed by atoms with E-state index in [2.05, 4.69) is 10.6 Å². The molecule has 1 heterocycles. The molecule has 5 rings (SSSR count). The third kappa shape index (κ3) is 6.48. The summed E-state index contributed by atoms with van der Waals surface area (Å²) < 4.78 is 7.09. The highest BCUT2D eigenvalue weighted by Gasteiger charge is 2.31. The van der Waals surface area contributed by atoms with Gasteiger partial charge >= 0.3 is 12.1 Å². The van der Waals surface area contributed by atoms with Gasteiger partial charge in [0, 0.05) is 29.6 Å². The van der Waals surface area contributed by atoms with Crippen molar-refractivity contribution in [1.82, 2.24) is 15.2 Å². The summed E-state index contributed by atoms with van der Waals surface area (Å²) in [5.74, 6) is -1.85. The molecule has 10 heteroatoms. The lowest BCUT2D eigenvalue weighted by molar-refractivity contribution is 0.0487. The third-order valence-electron chi connectivity index (χ3n) is 7.80. The molecule has 1 fully saturated rings. The predicted molar refractivity (Wildman–Crippen MR) is 166 cm³/mol. The van der Waals surface area contributed by atoms with E-state index in [0.717, 1.165) is 16.3 Å². The molecule has 1 aromatic heterocycles. The number of carboxylic acids is 1. The van der Waals surface area contributed by atoms with Crippen LogP contribution in [0.5, 0.6) is 0 Å². The largest absolute Gasteiger partial charge is 0.478 e. The van der Waals surface area contributed by atoms with Crippen LogP contribution in [0, 0.1) is 5.41 Å². The summed E-state index contributed by atoms with van der Waals surface area (Å²) in [7, 11) is 0. The van der Waals surface area contributed by atoms with Crippen molar-refractivity contribution in [3.05, 3.63) is 83.0 Å². The number of hydrogen-bond acceptors (Lipinski definition) is 5. The van der Waals surface area contributed by atoms with Crippen LogP contribution in [0.1, 0.15) is 78.4 Å². The number of aromatic carboxylic acids is 1.